The van der Waals surface area contributed by atoms with Gasteiger partial charge in [0, 0.05) is 21.4 Å². The summed E-state index contributed by atoms with van der Waals surface area (Å²) in [5, 5.41) is 6.72. The van der Waals surface area contributed by atoms with E-state index < -0.39 is 5.91 Å². The Morgan fingerprint density at radius 2 is 1.72 bits per heavy atom. The van der Waals surface area contributed by atoms with Crippen LogP contribution in [0.1, 0.15) is 16.1 Å². The lowest BCUT2D eigenvalue weighted by molar-refractivity contribution is 0.102. The van der Waals surface area contributed by atoms with E-state index in [0.29, 0.717) is 21.6 Å². The van der Waals surface area contributed by atoms with Gasteiger partial charge in [-0.1, -0.05) is 41.4 Å². The van der Waals surface area contributed by atoms with Gasteiger partial charge in [-0.25, -0.2) is 9.97 Å². The summed E-state index contributed by atoms with van der Waals surface area (Å²) >= 11 is 11.8. The van der Waals surface area contributed by atoms with Gasteiger partial charge in [-0.05, 0) is 36.8 Å². The molecule has 0 atom stereocenters. The Labute approximate surface area is 155 Å². The predicted octanol–water partition coefficient (Wildman–Crippen LogP) is 5.09. The standard InChI is InChI=1S/C18H14Cl2N4O/c1-11-4-2-3-5-15(11)24-17-10-21-16(9-22-17)18(25)23-14-7-12(19)6-13(20)8-14/h2-10H,1H3,(H,22,24)(H,23,25). The van der Waals surface area contributed by atoms with Crippen molar-refractivity contribution < 1.29 is 4.79 Å². The summed E-state index contributed by atoms with van der Waals surface area (Å²) in [6, 6.07) is 12.6. The van der Waals surface area contributed by atoms with E-state index in [1.807, 2.05) is 31.2 Å². The lowest BCUT2D eigenvalue weighted by Crippen LogP contribution is -2.14. The van der Waals surface area contributed by atoms with Gasteiger partial charge in [-0.15, -0.1) is 0 Å². The Hall–Kier alpha value is -2.63. The van der Waals surface area contributed by atoms with Crippen LogP contribution in [-0.4, -0.2) is 15.9 Å². The Bertz CT molecular complexity index is 893. The van der Waals surface area contributed by atoms with Crippen LogP contribution in [0.25, 0.3) is 0 Å². The van der Waals surface area contributed by atoms with Crippen LogP contribution in [0.15, 0.2) is 54.9 Å². The first-order valence-electron chi connectivity index (χ1n) is 7.43. The minimum Gasteiger partial charge on any atom is -0.339 e. The van der Waals surface area contributed by atoms with E-state index >= 15 is 0 Å². The van der Waals surface area contributed by atoms with Crippen molar-refractivity contribution in [2.24, 2.45) is 0 Å². The van der Waals surface area contributed by atoms with Crippen LogP contribution in [0.3, 0.4) is 0 Å². The molecule has 0 aliphatic carbocycles. The van der Waals surface area contributed by atoms with E-state index in [1.54, 1.807) is 18.2 Å². The quantitative estimate of drug-likeness (QED) is 0.669. The number of hydrogen-bond acceptors (Lipinski definition) is 4. The van der Waals surface area contributed by atoms with E-state index in [0.717, 1.165) is 11.3 Å². The maximum absolute atomic E-state index is 12.2. The number of nitrogens with one attached hydrogen (secondary N) is 2. The molecular formula is C18H14Cl2N4O. The molecule has 0 radical (unpaired) electrons. The SMILES string of the molecule is Cc1ccccc1Nc1cnc(C(=O)Nc2cc(Cl)cc(Cl)c2)cn1. The van der Waals surface area contributed by atoms with Gasteiger partial charge in [0.2, 0.25) is 0 Å². The molecular weight excluding hydrogens is 359 g/mol. The largest absolute Gasteiger partial charge is 0.339 e. The zero-order valence-corrected chi connectivity index (χ0v) is 14.8. The molecule has 3 rings (SSSR count). The molecule has 0 saturated carbocycles. The second-order valence-electron chi connectivity index (χ2n) is 5.34. The topological polar surface area (TPSA) is 66.9 Å². The number of carbonyl (C=O) groups excluding carboxylic acids is 1. The fraction of sp³-hybridized carbons (Fsp3) is 0.0556. The van der Waals surface area contributed by atoms with Gasteiger partial charge in [-0.2, -0.15) is 0 Å². The average molecular weight is 373 g/mol. The highest BCUT2D eigenvalue weighted by molar-refractivity contribution is 6.35. The van der Waals surface area contributed by atoms with Crippen LogP contribution in [-0.2, 0) is 0 Å². The number of hydrogen-bond donors (Lipinski definition) is 2. The van der Waals surface area contributed by atoms with E-state index in [2.05, 4.69) is 20.6 Å². The van der Waals surface area contributed by atoms with Crippen LogP contribution < -0.4 is 10.6 Å². The van der Waals surface area contributed by atoms with Crippen LogP contribution in [0, 0.1) is 6.92 Å². The fourth-order valence-electron chi connectivity index (χ4n) is 2.18. The lowest BCUT2D eigenvalue weighted by atomic mass is 10.2. The number of anilines is 3. The highest BCUT2D eigenvalue weighted by Gasteiger charge is 2.10. The summed E-state index contributed by atoms with van der Waals surface area (Å²) in [7, 11) is 0. The predicted molar refractivity (Wildman–Crippen MR) is 101 cm³/mol. The number of para-hydroxylation sites is 1. The third-order valence-electron chi connectivity index (χ3n) is 3.41. The Balaban J connectivity index is 1.71. The number of carbonyl (C=O) groups is 1. The molecule has 5 nitrogen and oxygen atoms in total. The van der Waals surface area contributed by atoms with Crippen molar-refractivity contribution in [2.45, 2.75) is 6.92 Å². The van der Waals surface area contributed by atoms with Crippen molar-refractivity contribution in [2.75, 3.05) is 10.6 Å². The normalized spacial score (nSPS) is 10.4. The number of amides is 1. The molecule has 0 aliphatic heterocycles. The van der Waals surface area contributed by atoms with E-state index in [1.165, 1.54) is 12.4 Å². The third kappa shape index (κ3) is 4.47. The number of benzene rings is 2. The number of aryl methyl sites for hydroxylation is 1. The molecule has 0 aliphatic rings. The van der Waals surface area contributed by atoms with E-state index in [9.17, 15) is 4.79 Å². The molecule has 0 fully saturated rings. The molecule has 7 heteroatoms. The minimum absolute atomic E-state index is 0.187. The van der Waals surface area contributed by atoms with Crippen molar-refractivity contribution in [1.29, 1.82) is 0 Å². The number of aromatic nitrogens is 2. The first-order chi connectivity index (χ1) is 12.0. The number of nitrogens with zero attached hydrogens (tertiary/aromatic N) is 2. The molecule has 126 valence electrons. The lowest BCUT2D eigenvalue weighted by Gasteiger charge is -2.09. The van der Waals surface area contributed by atoms with Crippen molar-refractivity contribution in [3.05, 3.63) is 76.2 Å². The summed E-state index contributed by atoms with van der Waals surface area (Å²) in [5.74, 6) is 0.157. The van der Waals surface area contributed by atoms with Crippen molar-refractivity contribution in [3.63, 3.8) is 0 Å². The maximum atomic E-state index is 12.2. The number of halogens is 2. The molecule has 1 heterocycles. The zero-order chi connectivity index (χ0) is 17.8. The molecule has 25 heavy (non-hydrogen) atoms. The van der Waals surface area contributed by atoms with Gasteiger partial charge in [0.1, 0.15) is 11.5 Å². The second-order valence-corrected chi connectivity index (χ2v) is 6.21. The molecule has 1 aromatic heterocycles. The monoisotopic (exact) mass is 372 g/mol. The van der Waals surface area contributed by atoms with Gasteiger partial charge in [-0.3, -0.25) is 4.79 Å². The summed E-state index contributed by atoms with van der Waals surface area (Å²) in [5.41, 5.74) is 2.70. The van der Waals surface area contributed by atoms with Crippen LogP contribution in [0.4, 0.5) is 17.2 Å². The molecule has 1 amide bonds. The number of rotatable bonds is 4. The fourth-order valence-corrected chi connectivity index (χ4v) is 2.71. The van der Waals surface area contributed by atoms with Gasteiger partial charge in [0.15, 0.2) is 0 Å². The molecule has 2 aromatic carbocycles. The van der Waals surface area contributed by atoms with Gasteiger partial charge in [0.05, 0.1) is 12.4 Å². The summed E-state index contributed by atoms with van der Waals surface area (Å²) in [6.07, 6.45) is 2.91. The molecule has 3 aromatic rings. The van der Waals surface area contributed by atoms with E-state index in [-0.39, 0.29) is 5.69 Å². The summed E-state index contributed by atoms with van der Waals surface area (Å²) in [4.78, 5) is 20.6. The van der Waals surface area contributed by atoms with Crippen LogP contribution in [0.5, 0.6) is 0 Å². The highest BCUT2D eigenvalue weighted by atomic mass is 35.5. The minimum atomic E-state index is -0.395. The van der Waals surface area contributed by atoms with Crippen LogP contribution in [0.2, 0.25) is 10.0 Å². The molecule has 0 unspecified atom stereocenters. The molecule has 0 saturated heterocycles. The highest BCUT2D eigenvalue weighted by Crippen LogP contribution is 2.23. The van der Waals surface area contributed by atoms with E-state index in [4.69, 9.17) is 23.2 Å². The second kappa shape index (κ2) is 7.51. The molecule has 0 bridgehead atoms. The van der Waals surface area contributed by atoms with Crippen LogP contribution >= 0.6 is 23.2 Å². The Morgan fingerprint density at radius 1 is 1.00 bits per heavy atom. The molecule has 0 spiro atoms. The summed E-state index contributed by atoms with van der Waals surface area (Å²) in [6.45, 7) is 1.99. The van der Waals surface area contributed by atoms with Crippen molar-refractivity contribution >= 4 is 46.3 Å². The zero-order valence-electron chi connectivity index (χ0n) is 13.3. The molecule has 2 N–H and O–H groups in total. The first-order valence-corrected chi connectivity index (χ1v) is 8.19. The third-order valence-corrected chi connectivity index (χ3v) is 3.85. The summed E-state index contributed by atoms with van der Waals surface area (Å²) < 4.78 is 0. The maximum Gasteiger partial charge on any atom is 0.275 e. The first kappa shape index (κ1) is 17.2. The Morgan fingerprint density at radius 3 is 2.36 bits per heavy atom. The average Bonchev–Trinajstić information content (AvgIpc) is 2.56. The van der Waals surface area contributed by atoms with Crippen molar-refractivity contribution in [3.8, 4) is 0 Å². The smallest absolute Gasteiger partial charge is 0.275 e. The van der Waals surface area contributed by atoms with Gasteiger partial charge >= 0.3 is 0 Å². The Kier molecular flexibility index (Phi) is 5.16. The van der Waals surface area contributed by atoms with Crippen molar-refractivity contribution in [1.82, 2.24) is 9.97 Å². The van der Waals surface area contributed by atoms with Gasteiger partial charge in [0.25, 0.3) is 5.91 Å². The van der Waals surface area contributed by atoms with Gasteiger partial charge < -0.3 is 10.6 Å².